The Morgan fingerprint density at radius 1 is 1.41 bits per heavy atom. The highest BCUT2D eigenvalue weighted by molar-refractivity contribution is 6.06. The first-order chi connectivity index (χ1) is 10.3. The van der Waals surface area contributed by atoms with Gasteiger partial charge in [-0.05, 0) is 19.1 Å². The molecule has 10 nitrogen and oxygen atoms in total. The van der Waals surface area contributed by atoms with Crippen LogP contribution in [0.4, 0.5) is 11.4 Å². The Hall–Kier alpha value is -3.17. The molecule has 0 radical (unpaired) electrons. The topological polar surface area (TPSA) is 158 Å². The lowest BCUT2D eigenvalue weighted by Crippen LogP contribution is -2.22. The lowest BCUT2D eigenvalue weighted by molar-refractivity contribution is -0.384. The second kappa shape index (κ2) is 7.57. The van der Waals surface area contributed by atoms with Crippen molar-refractivity contribution in [3.8, 4) is 5.75 Å². The van der Waals surface area contributed by atoms with Gasteiger partial charge < -0.3 is 21.5 Å². The Morgan fingerprint density at radius 3 is 2.64 bits per heavy atom. The van der Waals surface area contributed by atoms with Crippen LogP contribution in [0.2, 0.25) is 0 Å². The van der Waals surface area contributed by atoms with Crippen LogP contribution in [0.5, 0.6) is 5.75 Å². The molecule has 1 aromatic carbocycles. The Kier molecular flexibility index (Phi) is 5.81. The van der Waals surface area contributed by atoms with Crippen molar-refractivity contribution in [1.82, 2.24) is 0 Å². The van der Waals surface area contributed by atoms with Crippen LogP contribution in [-0.4, -0.2) is 29.6 Å². The average molecular weight is 308 g/mol. The smallest absolute Gasteiger partial charge is 0.296 e. The lowest BCUT2D eigenvalue weighted by Gasteiger charge is -2.07. The molecule has 5 N–H and O–H groups in total. The summed E-state index contributed by atoms with van der Waals surface area (Å²) in [6, 6.07) is 4.11. The van der Waals surface area contributed by atoms with Crippen LogP contribution in [0.25, 0.3) is 0 Å². The molecule has 0 fully saturated rings. The summed E-state index contributed by atoms with van der Waals surface area (Å²) in [4.78, 5) is 22.2. The van der Waals surface area contributed by atoms with Gasteiger partial charge in [0.25, 0.3) is 5.69 Å². The van der Waals surface area contributed by atoms with Crippen molar-refractivity contribution in [2.75, 3.05) is 12.4 Å². The first-order valence-corrected chi connectivity index (χ1v) is 6.07. The second-order valence-corrected chi connectivity index (χ2v) is 4.23. The number of nitrogens with zero attached hydrogens (tertiary/aromatic N) is 3. The number of rotatable bonds is 6. The summed E-state index contributed by atoms with van der Waals surface area (Å²) in [7, 11) is 1.39. The van der Waals surface area contributed by atoms with Crippen LogP contribution in [0.15, 0.2) is 28.4 Å². The van der Waals surface area contributed by atoms with Crippen molar-refractivity contribution in [2.24, 2.45) is 21.7 Å². The Labute approximate surface area is 126 Å². The van der Waals surface area contributed by atoms with Crippen molar-refractivity contribution in [3.63, 3.8) is 0 Å². The quantitative estimate of drug-likeness (QED) is 0.302. The van der Waals surface area contributed by atoms with Crippen LogP contribution >= 0.6 is 0 Å². The molecular formula is C12H16N6O4. The number of nitrogens with two attached hydrogens (primary N) is 2. The van der Waals surface area contributed by atoms with E-state index in [2.05, 4.69) is 15.5 Å². The number of carbonyl (C=O) groups excluding carboxylic acids is 1. The minimum absolute atomic E-state index is 0.0606. The van der Waals surface area contributed by atoms with Crippen LogP contribution in [-0.2, 0) is 4.79 Å². The molecule has 0 bridgehead atoms. The zero-order valence-electron chi connectivity index (χ0n) is 12.1. The predicted molar refractivity (Wildman–Crippen MR) is 81.8 cm³/mol. The first-order valence-electron chi connectivity index (χ1n) is 6.07. The number of carbonyl (C=O) groups is 1. The van der Waals surface area contributed by atoms with Gasteiger partial charge in [0.2, 0.25) is 11.9 Å². The van der Waals surface area contributed by atoms with E-state index in [1.54, 1.807) is 6.92 Å². The summed E-state index contributed by atoms with van der Waals surface area (Å²) >= 11 is 0. The molecule has 22 heavy (non-hydrogen) atoms. The highest BCUT2D eigenvalue weighted by Crippen LogP contribution is 2.28. The molecule has 1 amide bonds. The predicted octanol–water partition coefficient (Wildman–Crippen LogP) is 0.581. The summed E-state index contributed by atoms with van der Waals surface area (Å²) in [6.45, 7) is 1.55. The van der Waals surface area contributed by atoms with Gasteiger partial charge in [-0.1, -0.05) is 0 Å². The molecule has 0 unspecified atom stereocenters. The summed E-state index contributed by atoms with van der Waals surface area (Å²) in [5, 5.41) is 20.5. The van der Waals surface area contributed by atoms with Gasteiger partial charge in [-0.3, -0.25) is 14.9 Å². The number of methoxy groups -OCH3 is 1. The highest BCUT2D eigenvalue weighted by atomic mass is 16.6. The van der Waals surface area contributed by atoms with E-state index in [0.717, 1.165) is 0 Å². The number of ether oxygens (including phenoxy) is 1. The Morgan fingerprint density at radius 2 is 2.09 bits per heavy atom. The zero-order valence-corrected chi connectivity index (χ0v) is 12.1. The minimum atomic E-state index is -0.613. The van der Waals surface area contributed by atoms with Gasteiger partial charge >= 0.3 is 0 Å². The van der Waals surface area contributed by atoms with Crippen molar-refractivity contribution in [1.29, 1.82) is 0 Å². The van der Waals surface area contributed by atoms with Crippen LogP contribution in [0.1, 0.15) is 13.3 Å². The number of guanidine groups is 1. The van der Waals surface area contributed by atoms with E-state index >= 15 is 0 Å². The summed E-state index contributed by atoms with van der Waals surface area (Å²) in [6.07, 6.45) is -0.111. The van der Waals surface area contributed by atoms with E-state index in [9.17, 15) is 14.9 Å². The monoisotopic (exact) mass is 308 g/mol. The summed E-state index contributed by atoms with van der Waals surface area (Å²) in [5.74, 6) is -0.402. The number of nitrogens with one attached hydrogen (secondary N) is 1. The van der Waals surface area contributed by atoms with Gasteiger partial charge in [0.15, 0.2) is 0 Å². The fourth-order valence-electron chi connectivity index (χ4n) is 1.50. The molecule has 0 spiro atoms. The van der Waals surface area contributed by atoms with Crippen LogP contribution in [0.3, 0.4) is 0 Å². The molecule has 0 aliphatic carbocycles. The van der Waals surface area contributed by atoms with Crippen molar-refractivity contribution >= 4 is 29.0 Å². The third-order valence-electron chi connectivity index (χ3n) is 2.43. The van der Waals surface area contributed by atoms with Crippen LogP contribution < -0.4 is 21.5 Å². The fraction of sp³-hybridized carbons (Fsp3) is 0.250. The average Bonchev–Trinajstić information content (AvgIpc) is 2.45. The second-order valence-electron chi connectivity index (χ2n) is 4.23. The maximum Gasteiger partial charge on any atom is 0.296 e. The van der Waals surface area contributed by atoms with Crippen LogP contribution in [0, 0.1) is 10.1 Å². The summed E-state index contributed by atoms with van der Waals surface area (Å²) < 4.78 is 4.91. The molecule has 0 heterocycles. The SMILES string of the molecule is COc1ccc(NC(=O)C/C(C)=N/N=C(N)N)c([N+](=O)[O-])c1. The van der Waals surface area contributed by atoms with Crippen molar-refractivity contribution in [3.05, 3.63) is 28.3 Å². The Bertz CT molecular complexity index is 637. The van der Waals surface area contributed by atoms with Crippen molar-refractivity contribution in [2.45, 2.75) is 13.3 Å². The lowest BCUT2D eigenvalue weighted by atomic mass is 10.2. The van der Waals surface area contributed by atoms with E-state index in [0.29, 0.717) is 11.5 Å². The molecule has 0 aromatic heterocycles. The fourth-order valence-corrected chi connectivity index (χ4v) is 1.50. The summed E-state index contributed by atoms with van der Waals surface area (Å²) in [5.41, 5.74) is 10.4. The Balaban J connectivity index is 2.86. The molecule has 0 atom stereocenters. The van der Waals surface area contributed by atoms with Crippen molar-refractivity contribution < 1.29 is 14.5 Å². The third kappa shape index (κ3) is 5.07. The number of benzene rings is 1. The van der Waals surface area contributed by atoms with E-state index in [1.807, 2.05) is 0 Å². The van der Waals surface area contributed by atoms with Gasteiger partial charge in [-0.2, -0.15) is 5.10 Å². The van der Waals surface area contributed by atoms with Gasteiger partial charge in [-0.15, -0.1) is 5.10 Å². The largest absolute Gasteiger partial charge is 0.496 e. The molecule has 0 aliphatic heterocycles. The number of hydrogen-bond donors (Lipinski definition) is 3. The van der Waals surface area contributed by atoms with E-state index < -0.39 is 10.8 Å². The number of nitro groups is 1. The van der Waals surface area contributed by atoms with E-state index in [1.165, 1.54) is 25.3 Å². The molecule has 0 saturated heterocycles. The minimum Gasteiger partial charge on any atom is -0.496 e. The number of nitro benzene ring substituents is 1. The molecule has 1 aromatic rings. The molecular weight excluding hydrogens is 292 g/mol. The van der Waals surface area contributed by atoms with E-state index in [-0.39, 0.29) is 23.8 Å². The normalized spacial score (nSPS) is 10.7. The molecule has 10 heteroatoms. The van der Waals surface area contributed by atoms with Gasteiger partial charge in [0, 0.05) is 5.71 Å². The number of anilines is 1. The number of hydrogen-bond acceptors (Lipinski definition) is 6. The molecule has 118 valence electrons. The molecule has 1 rings (SSSR count). The maximum absolute atomic E-state index is 11.8. The zero-order chi connectivity index (χ0) is 16.7. The van der Waals surface area contributed by atoms with Gasteiger partial charge in [0.1, 0.15) is 11.4 Å². The van der Waals surface area contributed by atoms with Gasteiger partial charge in [0.05, 0.1) is 24.5 Å². The standard InChI is InChI=1S/C12H16N6O4/c1-7(16-17-12(13)14)5-11(19)15-9-4-3-8(22-2)6-10(9)18(20)21/h3-4,6H,5H2,1-2H3,(H,15,19)(H4,13,14,17)/b16-7+. The third-order valence-corrected chi connectivity index (χ3v) is 2.43. The highest BCUT2D eigenvalue weighted by Gasteiger charge is 2.17. The van der Waals surface area contributed by atoms with E-state index in [4.69, 9.17) is 16.2 Å². The number of amides is 1. The first kappa shape index (κ1) is 16.9. The molecule has 0 aliphatic rings. The maximum atomic E-state index is 11.8. The van der Waals surface area contributed by atoms with Gasteiger partial charge in [-0.25, -0.2) is 0 Å². The molecule has 0 saturated carbocycles.